The third-order valence-electron chi connectivity index (χ3n) is 4.37. The number of carbonyl (C=O) groups is 1. The Morgan fingerprint density at radius 1 is 1.36 bits per heavy atom. The van der Waals surface area contributed by atoms with Gasteiger partial charge in [0.1, 0.15) is 13.2 Å². The first-order valence-electron chi connectivity index (χ1n) is 7.67. The molecule has 0 spiro atoms. The zero-order valence-corrected chi connectivity index (χ0v) is 13.7. The average Bonchev–Trinajstić information content (AvgIpc) is 2.50. The number of amides is 1. The summed E-state index contributed by atoms with van der Waals surface area (Å²) >= 11 is 6.23. The third-order valence-corrected chi connectivity index (χ3v) is 4.65. The van der Waals surface area contributed by atoms with Gasteiger partial charge in [-0.1, -0.05) is 11.6 Å². The number of ether oxygens (including phenoxy) is 2. The second-order valence-corrected chi connectivity index (χ2v) is 6.26. The number of halogens is 1. The first-order chi connectivity index (χ1) is 10.6. The van der Waals surface area contributed by atoms with Gasteiger partial charge in [0.05, 0.1) is 11.4 Å². The number of rotatable bonds is 2. The molecule has 0 bridgehead atoms. The van der Waals surface area contributed by atoms with E-state index < -0.39 is 0 Å². The Kier molecular flexibility index (Phi) is 4.45. The molecule has 0 aliphatic carbocycles. The molecular weight excluding hydrogens is 304 g/mol. The molecule has 1 N–H and O–H groups in total. The van der Waals surface area contributed by atoms with E-state index in [0.29, 0.717) is 42.2 Å². The van der Waals surface area contributed by atoms with Gasteiger partial charge in [-0.25, -0.2) is 0 Å². The topological polar surface area (TPSA) is 50.8 Å². The second-order valence-electron chi connectivity index (χ2n) is 5.85. The van der Waals surface area contributed by atoms with Crippen LogP contribution in [0, 0.1) is 0 Å². The molecule has 2 heterocycles. The molecule has 0 radical (unpaired) electrons. The van der Waals surface area contributed by atoms with Crippen molar-refractivity contribution < 1.29 is 14.3 Å². The molecule has 2 aliphatic rings. The van der Waals surface area contributed by atoms with E-state index in [0.717, 1.165) is 18.7 Å². The second kappa shape index (κ2) is 6.34. The molecule has 2 aliphatic heterocycles. The lowest BCUT2D eigenvalue weighted by Crippen LogP contribution is -2.57. The highest BCUT2D eigenvalue weighted by Gasteiger charge is 2.28. The lowest BCUT2D eigenvalue weighted by Gasteiger charge is -2.38. The Morgan fingerprint density at radius 2 is 2.14 bits per heavy atom. The van der Waals surface area contributed by atoms with Crippen LogP contribution in [-0.4, -0.2) is 49.2 Å². The first kappa shape index (κ1) is 15.4. The average molecular weight is 325 g/mol. The van der Waals surface area contributed by atoms with E-state index in [1.807, 2.05) is 11.0 Å². The molecule has 0 saturated carbocycles. The first-order valence-corrected chi connectivity index (χ1v) is 8.05. The van der Waals surface area contributed by atoms with Crippen molar-refractivity contribution in [2.45, 2.75) is 32.4 Å². The van der Waals surface area contributed by atoms with Gasteiger partial charge in [-0.2, -0.15) is 0 Å². The van der Waals surface area contributed by atoms with E-state index in [1.54, 1.807) is 6.07 Å². The number of nitrogens with zero attached hydrogens (tertiary/aromatic N) is 1. The van der Waals surface area contributed by atoms with Crippen LogP contribution in [0.4, 0.5) is 0 Å². The van der Waals surface area contributed by atoms with Crippen molar-refractivity contribution in [2.75, 3.05) is 26.3 Å². The van der Waals surface area contributed by atoms with Gasteiger partial charge in [0.15, 0.2) is 11.5 Å². The van der Waals surface area contributed by atoms with Gasteiger partial charge in [0, 0.05) is 25.2 Å². The summed E-state index contributed by atoms with van der Waals surface area (Å²) in [7, 11) is 0. The molecular formula is C16H21ClN2O3. The van der Waals surface area contributed by atoms with E-state index in [2.05, 4.69) is 19.2 Å². The van der Waals surface area contributed by atoms with Crippen molar-refractivity contribution >= 4 is 17.5 Å². The summed E-state index contributed by atoms with van der Waals surface area (Å²) in [5.74, 6) is 1.32. The van der Waals surface area contributed by atoms with Crippen LogP contribution < -0.4 is 14.8 Å². The van der Waals surface area contributed by atoms with E-state index in [9.17, 15) is 4.79 Å². The normalized spacial score (nSPS) is 24.2. The van der Waals surface area contributed by atoms with Gasteiger partial charge in [0.25, 0.3) is 0 Å². The molecule has 5 nitrogen and oxygen atoms in total. The minimum Gasteiger partial charge on any atom is -0.486 e. The maximum atomic E-state index is 12.6. The van der Waals surface area contributed by atoms with Gasteiger partial charge < -0.3 is 19.7 Å². The number of nitrogens with one attached hydrogen (secondary N) is 1. The molecule has 1 amide bonds. The quantitative estimate of drug-likeness (QED) is 0.902. The SMILES string of the molecule is CC1NCCN(C(=O)Cc2cc(Cl)c3c(c2)OCCO3)C1C. The summed E-state index contributed by atoms with van der Waals surface area (Å²) in [6.07, 6.45) is 0.327. The Bertz CT molecular complexity index is 579. The molecule has 1 aromatic rings. The summed E-state index contributed by atoms with van der Waals surface area (Å²) in [5.41, 5.74) is 0.859. The van der Waals surface area contributed by atoms with E-state index in [1.165, 1.54) is 0 Å². The Balaban J connectivity index is 1.75. The van der Waals surface area contributed by atoms with E-state index in [4.69, 9.17) is 21.1 Å². The van der Waals surface area contributed by atoms with Crippen LogP contribution in [-0.2, 0) is 11.2 Å². The monoisotopic (exact) mass is 324 g/mol. The van der Waals surface area contributed by atoms with Gasteiger partial charge in [0.2, 0.25) is 5.91 Å². The lowest BCUT2D eigenvalue weighted by atomic mass is 10.0. The van der Waals surface area contributed by atoms with Crippen molar-refractivity contribution in [1.82, 2.24) is 10.2 Å². The van der Waals surface area contributed by atoms with Gasteiger partial charge in [-0.3, -0.25) is 4.79 Å². The standard InChI is InChI=1S/C16H21ClN2O3/c1-10-11(2)19(4-3-18-10)15(20)9-12-7-13(17)16-14(8-12)21-5-6-22-16/h7-8,10-11,18H,3-6,9H2,1-2H3. The number of hydrogen-bond donors (Lipinski definition) is 1. The molecule has 6 heteroatoms. The zero-order valence-electron chi connectivity index (χ0n) is 12.9. The number of hydrogen-bond acceptors (Lipinski definition) is 4. The smallest absolute Gasteiger partial charge is 0.227 e. The molecule has 0 aromatic heterocycles. The summed E-state index contributed by atoms with van der Waals surface area (Å²) in [4.78, 5) is 14.5. The molecule has 1 saturated heterocycles. The van der Waals surface area contributed by atoms with Crippen molar-refractivity contribution in [3.05, 3.63) is 22.7 Å². The minimum absolute atomic E-state index is 0.119. The van der Waals surface area contributed by atoms with Gasteiger partial charge in [-0.15, -0.1) is 0 Å². The Labute approximate surface area is 135 Å². The zero-order chi connectivity index (χ0) is 15.7. The summed E-state index contributed by atoms with van der Waals surface area (Å²) in [6, 6.07) is 4.15. The fraction of sp³-hybridized carbons (Fsp3) is 0.562. The van der Waals surface area contributed by atoms with E-state index >= 15 is 0 Å². The van der Waals surface area contributed by atoms with Crippen LogP contribution in [0.3, 0.4) is 0 Å². The number of piperazine rings is 1. The molecule has 22 heavy (non-hydrogen) atoms. The Morgan fingerprint density at radius 3 is 2.95 bits per heavy atom. The summed E-state index contributed by atoms with van der Waals surface area (Å²) < 4.78 is 11.1. The largest absolute Gasteiger partial charge is 0.486 e. The highest BCUT2D eigenvalue weighted by molar-refractivity contribution is 6.32. The van der Waals surface area contributed by atoms with Crippen LogP contribution in [0.2, 0.25) is 5.02 Å². The van der Waals surface area contributed by atoms with Crippen LogP contribution in [0.5, 0.6) is 11.5 Å². The molecule has 2 atom stereocenters. The van der Waals surface area contributed by atoms with Crippen LogP contribution in [0.1, 0.15) is 19.4 Å². The van der Waals surface area contributed by atoms with Crippen LogP contribution >= 0.6 is 11.6 Å². The fourth-order valence-corrected chi connectivity index (χ4v) is 3.24. The molecule has 2 unspecified atom stereocenters. The van der Waals surface area contributed by atoms with Gasteiger partial charge >= 0.3 is 0 Å². The van der Waals surface area contributed by atoms with Crippen LogP contribution in [0.15, 0.2) is 12.1 Å². The predicted molar refractivity (Wildman–Crippen MR) is 84.8 cm³/mol. The fourth-order valence-electron chi connectivity index (χ4n) is 2.95. The van der Waals surface area contributed by atoms with Crippen molar-refractivity contribution in [3.8, 4) is 11.5 Å². The highest BCUT2D eigenvalue weighted by atomic mass is 35.5. The Hall–Kier alpha value is -1.46. The predicted octanol–water partition coefficient (Wildman–Crippen LogP) is 1.86. The van der Waals surface area contributed by atoms with Crippen molar-refractivity contribution in [1.29, 1.82) is 0 Å². The summed E-state index contributed by atoms with van der Waals surface area (Å²) in [5, 5.41) is 3.88. The number of benzene rings is 1. The maximum Gasteiger partial charge on any atom is 0.227 e. The minimum atomic E-state index is 0.119. The third kappa shape index (κ3) is 3.01. The van der Waals surface area contributed by atoms with Crippen LogP contribution in [0.25, 0.3) is 0 Å². The molecule has 1 aromatic carbocycles. The van der Waals surface area contributed by atoms with E-state index in [-0.39, 0.29) is 11.9 Å². The summed E-state index contributed by atoms with van der Waals surface area (Å²) in [6.45, 7) is 6.76. The molecule has 3 rings (SSSR count). The lowest BCUT2D eigenvalue weighted by molar-refractivity contribution is -0.134. The number of carbonyl (C=O) groups excluding carboxylic acids is 1. The highest BCUT2D eigenvalue weighted by Crippen LogP contribution is 2.38. The molecule has 120 valence electrons. The number of fused-ring (bicyclic) bond motifs is 1. The molecule has 1 fully saturated rings. The van der Waals surface area contributed by atoms with Gasteiger partial charge in [-0.05, 0) is 31.5 Å². The van der Waals surface area contributed by atoms with Crippen molar-refractivity contribution in [3.63, 3.8) is 0 Å². The van der Waals surface area contributed by atoms with Crippen molar-refractivity contribution in [2.24, 2.45) is 0 Å². The maximum absolute atomic E-state index is 12.6.